The first-order valence-electron chi connectivity index (χ1n) is 3.82. The molecular formula is C9H7N3S. The second-order valence-electron chi connectivity index (χ2n) is 2.68. The molecule has 13 heavy (non-hydrogen) atoms. The lowest BCUT2D eigenvalue weighted by molar-refractivity contribution is 1.11. The summed E-state index contributed by atoms with van der Waals surface area (Å²) in [7, 11) is 0. The van der Waals surface area contributed by atoms with E-state index in [-0.39, 0.29) is 0 Å². The topological polar surface area (TPSA) is 52.5 Å². The van der Waals surface area contributed by atoms with Crippen LogP contribution in [0, 0.1) is 11.3 Å². The molecule has 0 spiro atoms. The van der Waals surface area contributed by atoms with Gasteiger partial charge in [-0.05, 0) is 10.9 Å². The predicted molar refractivity (Wildman–Crippen MR) is 50.4 cm³/mol. The molecule has 0 aliphatic heterocycles. The van der Waals surface area contributed by atoms with E-state index in [4.69, 9.17) is 5.26 Å². The zero-order valence-corrected chi connectivity index (χ0v) is 7.64. The maximum Gasteiger partial charge on any atom is 0.100 e. The van der Waals surface area contributed by atoms with E-state index in [2.05, 4.69) is 16.0 Å². The highest BCUT2D eigenvalue weighted by Crippen LogP contribution is 2.16. The normalized spacial score (nSPS) is 9.77. The number of aromatic amines is 1. The van der Waals surface area contributed by atoms with Crippen LogP contribution in [0.1, 0.15) is 16.8 Å². The number of nitrogens with one attached hydrogen (secondary N) is 1. The van der Waals surface area contributed by atoms with Crippen LogP contribution < -0.4 is 0 Å². The summed E-state index contributed by atoms with van der Waals surface area (Å²) in [6.07, 6.45) is 4.18. The maximum absolute atomic E-state index is 8.77. The van der Waals surface area contributed by atoms with Crippen molar-refractivity contribution in [2.24, 2.45) is 0 Å². The van der Waals surface area contributed by atoms with Crippen molar-refractivity contribution >= 4 is 11.3 Å². The van der Waals surface area contributed by atoms with Crippen LogP contribution in [0.15, 0.2) is 23.3 Å². The Labute approximate surface area is 79.7 Å². The number of aromatic nitrogens is 2. The molecule has 0 saturated heterocycles. The Hall–Kier alpha value is -1.60. The van der Waals surface area contributed by atoms with Crippen LogP contribution in [0.3, 0.4) is 0 Å². The lowest BCUT2D eigenvalue weighted by Crippen LogP contribution is -1.87. The van der Waals surface area contributed by atoms with Crippen LogP contribution in [-0.2, 0) is 6.42 Å². The van der Waals surface area contributed by atoms with E-state index in [1.807, 2.05) is 10.8 Å². The molecule has 2 heterocycles. The zero-order chi connectivity index (χ0) is 9.10. The van der Waals surface area contributed by atoms with Gasteiger partial charge in [0.1, 0.15) is 6.07 Å². The summed E-state index contributed by atoms with van der Waals surface area (Å²) >= 11 is 1.56. The molecule has 0 aliphatic carbocycles. The number of thiophene rings is 1. The Bertz CT molecular complexity index is 422. The molecule has 3 nitrogen and oxygen atoms in total. The largest absolute Gasteiger partial charge is 0.348 e. The fourth-order valence-electron chi connectivity index (χ4n) is 1.14. The Morgan fingerprint density at radius 2 is 2.46 bits per heavy atom. The number of nitrogens with zero attached hydrogens (tertiary/aromatic N) is 2. The van der Waals surface area contributed by atoms with E-state index < -0.39 is 0 Å². The van der Waals surface area contributed by atoms with Crippen molar-refractivity contribution in [3.05, 3.63) is 40.1 Å². The molecule has 0 saturated carbocycles. The minimum atomic E-state index is 0.756. The van der Waals surface area contributed by atoms with Crippen LogP contribution in [0.5, 0.6) is 0 Å². The second-order valence-corrected chi connectivity index (χ2v) is 3.42. The predicted octanol–water partition coefficient (Wildman–Crippen LogP) is 1.93. The molecule has 2 aromatic rings. The highest BCUT2D eigenvalue weighted by molar-refractivity contribution is 7.08. The molecule has 0 fully saturated rings. The lowest BCUT2D eigenvalue weighted by atomic mass is 10.1. The number of nitriles is 1. The van der Waals surface area contributed by atoms with Crippen molar-refractivity contribution in [3.8, 4) is 6.07 Å². The summed E-state index contributed by atoms with van der Waals surface area (Å²) in [6, 6.07) is 2.16. The third-order valence-electron chi connectivity index (χ3n) is 1.80. The minimum absolute atomic E-state index is 0.756. The summed E-state index contributed by atoms with van der Waals surface area (Å²) in [5.41, 5.74) is 2.87. The molecule has 64 valence electrons. The van der Waals surface area contributed by atoms with Gasteiger partial charge in [-0.2, -0.15) is 16.6 Å². The van der Waals surface area contributed by atoms with Crippen LogP contribution in [0.25, 0.3) is 0 Å². The van der Waals surface area contributed by atoms with Gasteiger partial charge in [0.25, 0.3) is 0 Å². The fourth-order valence-corrected chi connectivity index (χ4v) is 1.93. The Morgan fingerprint density at radius 3 is 3.15 bits per heavy atom. The number of hydrogen-bond acceptors (Lipinski definition) is 3. The van der Waals surface area contributed by atoms with Gasteiger partial charge < -0.3 is 4.98 Å². The van der Waals surface area contributed by atoms with Gasteiger partial charge in [-0.15, -0.1) is 0 Å². The molecule has 0 unspecified atom stereocenters. The van der Waals surface area contributed by atoms with E-state index in [0.717, 1.165) is 23.2 Å². The van der Waals surface area contributed by atoms with Gasteiger partial charge in [0.05, 0.1) is 11.9 Å². The van der Waals surface area contributed by atoms with Gasteiger partial charge >= 0.3 is 0 Å². The third-order valence-corrected chi connectivity index (χ3v) is 2.59. The molecule has 2 rings (SSSR count). The molecule has 4 heteroatoms. The minimum Gasteiger partial charge on any atom is -0.348 e. The first-order valence-corrected chi connectivity index (χ1v) is 4.77. The van der Waals surface area contributed by atoms with Crippen LogP contribution in [0.4, 0.5) is 0 Å². The van der Waals surface area contributed by atoms with Crippen LogP contribution in [-0.4, -0.2) is 9.97 Å². The molecule has 0 amide bonds. The van der Waals surface area contributed by atoms with Gasteiger partial charge in [-0.25, -0.2) is 4.98 Å². The first kappa shape index (κ1) is 8.02. The molecule has 0 bridgehead atoms. The van der Waals surface area contributed by atoms with Gasteiger partial charge in [0.15, 0.2) is 0 Å². The van der Waals surface area contributed by atoms with Gasteiger partial charge in [-0.1, -0.05) is 0 Å². The average molecular weight is 189 g/mol. The number of rotatable bonds is 2. The number of imidazole rings is 1. The lowest BCUT2D eigenvalue weighted by Gasteiger charge is -1.93. The van der Waals surface area contributed by atoms with Crippen molar-refractivity contribution in [3.63, 3.8) is 0 Å². The monoisotopic (exact) mass is 189 g/mol. The first-order chi connectivity index (χ1) is 6.40. The van der Waals surface area contributed by atoms with Crippen molar-refractivity contribution in [1.29, 1.82) is 5.26 Å². The van der Waals surface area contributed by atoms with Crippen LogP contribution in [0.2, 0.25) is 0 Å². The molecule has 0 radical (unpaired) electrons. The summed E-state index contributed by atoms with van der Waals surface area (Å²) < 4.78 is 0. The summed E-state index contributed by atoms with van der Waals surface area (Å²) in [4.78, 5) is 6.93. The molecule has 1 N–H and O–H groups in total. The van der Waals surface area contributed by atoms with Crippen molar-refractivity contribution in [1.82, 2.24) is 9.97 Å². The van der Waals surface area contributed by atoms with Crippen molar-refractivity contribution in [2.45, 2.75) is 6.42 Å². The fraction of sp³-hybridized carbons (Fsp3) is 0.111. The third kappa shape index (κ3) is 1.60. The Kier molecular flexibility index (Phi) is 2.11. The highest BCUT2D eigenvalue weighted by Gasteiger charge is 2.04. The van der Waals surface area contributed by atoms with Gasteiger partial charge in [-0.3, -0.25) is 0 Å². The van der Waals surface area contributed by atoms with Crippen LogP contribution >= 0.6 is 11.3 Å². The van der Waals surface area contributed by atoms with Gasteiger partial charge in [0, 0.05) is 23.7 Å². The molecular weight excluding hydrogens is 182 g/mol. The summed E-state index contributed by atoms with van der Waals surface area (Å²) in [6.45, 7) is 0. The quantitative estimate of drug-likeness (QED) is 0.784. The standard InChI is InChI=1S/C9H7N3S/c10-2-8-5-13-4-7(8)1-9-3-11-6-12-9/h3-6H,1H2,(H,11,12). The molecule has 0 aromatic carbocycles. The SMILES string of the molecule is N#Cc1cscc1Cc1cnc[nH]1. The van der Waals surface area contributed by atoms with E-state index >= 15 is 0 Å². The number of hydrogen-bond donors (Lipinski definition) is 1. The van der Waals surface area contributed by atoms with E-state index in [9.17, 15) is 0 Å². The van der Waals surface area contributed by atoms with E-state index in [1.54, 1.807) is 23.9 Å². The Balaban J connectivity index is 2.24. The molecule has 2 aromatic heterocycles. The van der Waals surface area contributed by atoms with Gasteiger partial charge in [0.2, 0.25) is 0 Å². The average Bonchev–Trinajstić information content (AvgIpc) is 2.76. The van der Waals surface area contributed by atoms with E-state index in [1.165, 1.54) is 0 Å². The molecule has 0 aliphatic rings. The van der Waals surface area contributed by atoms with E-state index in [0.29, 0.717) is 0 Å². The second kappa shape index (κ2) is 3.42. The zero-order valence-electron chi connectivity index (χ0n) is 6.82. The van der Waals surface area contributed by atoms with Crippen molar-refractivity contribution in [2.75, 3.05) is 0 Å². The summed E-state index contributed by atoms with van der Waals surface area (Å²) in [5.74, 6) is 0. The maximum atomic E-state index is 8.77. The smallest absolute Gasteiger partial charge is 0.100 e. The number of H-pyrrole nitrogens is 1. The Morgan fingerprint density at radius 1 is 1.54 bits per heavy atom. The van der Waals surface area contributed by atoms with Crippen molar-refractivity contribution < 1.29 is 0 Å². The highest BCUT2D eigenvalue weighted by atomic mass is 32.1. The summed E-state index contributed by atoms with van der Waals surface area (Å²) in [5, 5.41) is 12.6. The molecule has 0 atom stereocenters.